The Morgan fingerprint density at radius 3 is 2.12 bits per heavy atom. The van der Waals surface area contributed by atoms with E-state index in [1.165, 1.54) is 4.90 Å². The Morgan fingerprint density at radius 2 is 1.50 bits per heavy atom. The van der Waals surface area contributed by atoms with E-state index in [2.05, 4.69) is 12.2 Å². The van der Waals surface area contributed by atoms with Crippen molar-refractivity contribution < 1.29 is 23.9 Å². The molecule has 5 aliphatic rings. The Labute approximate surface area is 197 Å². The summed E-state index contributed by atoms with van der Waals surface area (Å²) in [7, 11) is 0. The van der Waals surface area contributed by atoms with Gasteiger partial charge in [0.15, 0.2) is 6.10 Å². The number of esters is 1. The van der Waals surface area contributed by atoms with E-state index in [1.807, 2.05) is 6.07 Å². The second kappa shape index (κ2) is 7.76. The smallest absolute Gasteiger partial charge is 0.341 e. The highest BCUT2D eigenvalue weighted by molar-refractivity contribution is 6.24. The number of benzene rings is 2. The average Bonchev–Trinajstić information content (AvgIpc) is 3.65. The molecule has 0 spiro atoms. The van der Waals surface area contributed by atoms with Crippen LogP contribution in [0.3, 0.4) is 0 Å². The lowest BCUT2D eigenvalue weighted by Gasteiger charge is -2.37. The Balaban J connectivity index is 1.28. The minimum Gasteiger partial charge on any atom is -0.450 e. The van der Waals surface area contributed by atoms with Crippen molar-refractivity contribution in [2.45, 2.75) is 25.9 Å². The third-order valence-electron chi connectivity index (χ3n) is 8.00. The first-order valence-electron chi connectivity index (χ1n) is 12.0. The van der Waals surface area contributed by atoms with Gasteiger partial charge in [0.05, 0.1) is 23.1 Å². The molecule has 2 aromatic rings. The Hall–Kier alpha value is -3.54. The number of para-hydroxylation sites is 1. The predicted octanol–water partition coefficient (Wildman–Crippen LogP) is 4.06. The molecule has 6 nitrogen and oxygen atoms in total. The van der Waals surface area contributed by atoms with Crippen molar-refractivity contribution in [3.63, 3.8) is 0 Å². The molecule has 0 N–H and O–H groups in total. The summed E-state index contributed by atoms with van der Waals surface area (Å²) in [5.74, 6) is -0.940. The molecule has 0 aromatic heterocycles. The lowest BCUT2D eigenvalue weighted by Crippen LogP contribution is -2.40. The highest BCUT2D eigenvalue weighted by Gasteiger charge is 2.67. The molecule has 2 bridgehead atoms. The summed E-state index contributed by atoms with van der Waals surface area (Å²) in [6, 6.07) is 15.2. The van der Waals surface area contributed by atoms with Crippen LogP contribution < -0.4 is 4.90 Å². The van der Waals surface area contributed by atoms with E-state index in [-0.39, 0.29) is 52.5 Å². The van der Waals surface area contributed by atoms with E-state index < -0.39 is 12.1 Å². The van der Waals surface area contributed by atoms with E-state index in [0.717, 1.165) is 6.42 Å². The van der Waals surface area contributed by atoms with Gasteiger partial charge < -0.3 is 4.74 Å². The molecule has 0 radical (unpaired) electrons. The van der Waals surface area contributed by atoms with Gasteiger partial charge in [0.2, 0.25) is 17.6 Å². The van der Waals surface area contributed by atoms with Gasteiger partial charge in [0, 0.05) is 5.56 Å². The number of ketones is 1. The maximum atomic E-state index is 13.5. The van der Waals surface area contributed by atoms with Gasteiger partial charge in [0.1, 0.15) is 0 Å². The second-order valence-electron chi connectivity index (χ2n) is 9.72. The number of nitrogens with zero attached hydrogens (tertiary/aromatic N) is 1. The van der Waals surface area contributed by atoms with Gasteiger partial charge in [-0.1, -0.05) is 61.5 Å². The number of amides is 2. The van der Waals surface area contributed by atoms with Crippen LogP contribution in [0.2, 0.25) is 0 Å². The molecule has 34 heavy (non-hydrogen) atoms. The van der Waals surface area contributed by atoms with E-state index in [4.69, 9.17) is 4.74 Å². The van der Waals surface area contributed by atoms with E-state index >= 15 is 0 Å². The van der Waals surface area contributed by atoms with Crippen molar-refractivity contribution in [1.82, 2.24) is 0 Å². The number of imide groups is 1. The molecule has 172 valence electrons. The number of hydrogen-bond acceptors (Lipinski definition) is 5. The number of carbonyl (C=O) groups excluding carboxylic acids is 4. The normalized spacial score (nSPS) is 31.1. The summed E-state index contributed by atoms with van der Waals surface area (Å²) in [6.45, 7) is 1.77. The van der Waals surface area contributed by atoms with Crippen LogP contribution in [0.15, 0.2) is 66.7 Å². The summed E-state index contributed by atoms with van der Waals surface area (Å²) in [4.78, 5) is 54.3. The minimum absolute atomic E-state index is 0.105. The molecule has 4 aliphatic carbocycles. The van der Waals surface area contributed by atoms with E-state index in [9.17, 15) is 19.2 Å². The minimum atomic E-state index is -0.956. The molecule has 6 heteroatoms. The highest BCUT2D eigenvalue weighted by atomic mass is 16.5. The summed E-state index contributed by atoms with van der Waals surface area (Å²) < 4.78 is 5.62. The lowest BCUT2D eigenvalue weighted by atomic mass is 9.63. The van der Waals surface area contributed by atoms with Crippen LogP contribution in [0.25, 0.3) is 0 Å². The number of Topliss-reactive ketones (excluding diaryl/α,β-unsaturated/α-hetero) is 1. The van der Waals surface area contributed by atoms with Crippen LogP contribution in [-0.4, -0.2) is 29.7 Å². The van der Waals surface area contributed by atoms with Gasteiger partial charge >= 0.3 is 5.97 Å². The van der Waals surface area contributed by atoms with E-state index in [1.54, 1.807) is 55.5 Å². The van der Waals surface area contributed by atoms with Crippen LogP contribution in [0.5, 0.6) is 0 Å². The van der Waals surface area contributed by atoms with Crippen molar-refractivity contribution in [1.29, 1.82) is 0 Å². The fourth-order valence-corrected chi connectivity index (χ4v) is 6.34. The number of ether oxygens (including phenoxy) is 1. The molecular formula is C28H25NO5. The molecule has 1 aliphatic heterocycles. The first-order valence-corrected chi connectivity index (χ1v) is 12.0. The number of anilines is 1. The second-order valence-corrected chi connectivity index (χ2v) is 9.72. The first kappa shape index (κ1) is 21.0. The molecule has 3 fully saturated rings. The quantitative estimate of drug-likeness (QED) is 0.284. The van der Waals surface area contributed by atoms with Gasteiger partial charge in [-0.3, -0.25) is 14.4 Å². The van der Waals surface area contributed by atoms with Crippen LogP contribution in [-0.2, 0) is 14.3 Å². The Morgan fingerprint density at radius 1 is 0.912 bits per heavy atom. The Kier molecular flexibility index (Phi) is 4.80. The molecular weight excluding hydrogens is 430 g/mol. The van der Waals surface area contributed by atoms with Gasteiger partial charge in [-0.05, 0) is 48.6 Å². The monoisotopic (exact) mass is 455 g/mol. The topological polar surface area (TPSA) is 80.8 Å². The molecule has 1 saturated heterocycles. The third kappa shape index (κ3) is 3.01. The molecule has 7 atom stereocenters. The number of carbonyl (C=O) groups is 4. The average molecular weight is 456 g/mol. The molecule has 0 unspecified atom stereocenters. The molecule has 2 amide bonds. The number of rotatable bonds is 6. The summed E-state index contributed by atoms with van der Waals surface area (Å²) in [5, 5.41) is 0. The van der Waals surface area contributed by atoms with Crippen LogP contribution >= 0.6 is 0 Å². The van der Waals surface area contributed by atoms with Crippen LogP contribution in [0, 0.1) is 35.5 Å². The van der Waals surface area contributed by atoms with Crippen molar-refractivity contribution >= 4 is 29.3 Å². The van der Waals surface area contributed by atoms with Crippen molar-refractivity contribution in [3.05, 3.63) is 77.9 Å². The van der Waals surface area contributed by atoms with Crippen molar-refractivity contribution in [3.8, 4) is 0 Å². The zero-order valence-electron chi connectivity index (χ0n) is 18.8. The van der Waals surface area contributed by atoms with Gasteiger partial charge in [-0.2, -0.15) is 0 Å². The van der Waals surface area contributed by atoms with Crippen molar-refractivity contribution in [2.75, 3.05) is 4.90 Å². The summed E-state index contributed by atoms with van der Waals surface area (Å²) in [5.41, 5.74) is 0.825. The summed E-state index contributed by atoms with van der Waals surface area (Å²) in [6.07, 6.45) is 4.69. The van der Waals surface area contributed by atoms with Crippen LogP contribution in [0.1, 0.15) is 40.5 Å². The summed E-state index contributed by atoms with van der Waals surface area (Å²) >= 11 is 0. The molecule has 2 saturated carbocycles. The largest absolute Gasteiger partial charge is 0.450 e. The zero-order chi connectivity index (χ0) is 23.6. The fraction of sp³-hybridized carbons (Fsp3) is 0.357. The fourth-order valence-electron chi connectivity index (χ4n) is 6.34. The molecule has 2 aromatic carbocycles. The maximum absolute atomic E-state index is 13.5. The first-order chi connectivity index (χ1) is 16.5. The van der Waals surface area contributed by atoms with Gasteiger partial charge in [0.25, 0.3) is 0 Å². The van der Waals surface area contributed by atoms with Gasteiger partial charge in [-0.15, -0.1) is 0 Å². The maximum Gasteiger partial charge on any atom is 0.341 e. The van der Waals surface area contributed by atoms with Gasteiger partial charge in [-0.25, -0.2) is 9.69 Å². The molecule has 1 heterocycles. The number of hydrogen-bond donors (Lipinski definition) is 0. The SMILES string of the molecule is CC[C@H](OC(=O)c1ccccc1N1C(=O)[C@@H]2[C@H]3C=C[C@@H]([C@@H]4C[C@@H]34)[C@H]2C1=O)C(=O)c1ccccc1. The third-order valence-corrected chi connectivity index (χ3v) is 8.00. The molecule has 7 rings (SSSR count). The standard InChI is InChI=1S/C28H25NO5/c1-2-22(25(30)15-8-4-3-5-9-15)34-28(33)18-10-6-7-11-21(18)29-26(31)23-16-12-13-17(20-14-19(16)20)24(23)27(29)32/h3-13,16-17,19-20,22-24H,2,14H2,1H3/t16-,17-,19-,20-,22-,23+,24+/m0/s1. The zero-order valence-corrected chi connectivity index (χ0v) is 18.8. The Bertz CT molecular complexity index is 1200. The highest BCUT2D eigenvalue weighted by Crippen LogP contribution is 2.65. The van der Waals surface area contributed by atoms with E-state index in [0.29, 0.717) is 23.8 Å². The lowest BCUT2D eigenvalue weighted by molar-refractivity contribution is -0.124. The predicted molar refractivity (Wildman–Crippen MR) is 124 cm³/mol. The number of allylic oxidation sites excluding steroid dienone is 2. The van der Waals surface area contributed by atoms with Crippen LogP contribution in [0.4, 0.5) is 5.69 Å². The van der Waals surface area contributed by atoms with Crippen molar-refractivity contribution in [2.24, 2.45) is 35.5 Å².